The molecule has 0 bridgehead atoms. The van der Waals surface area contributed by atoms with Crippen molar-refractivity contribution in [1.29, 1.82) is 0 Å². The molecular formula is C36H44N6O7S. The van der Waals surface area contributed by atoms with Crippen LogP contribution >= 0.6 is 0 Å². The number of aromatic amines is 2. The van der Waals surface area contributed by atoms with Crippen molar-refractivity contribution in [2.24, 2.45) is 11.8 Å². The minimum Gasteiger partial charge on any atom is -0.465 e. The lowest BCUT2D eigenvalue weighted by Crippen LogP contribution is -2.48. The van der Waals surface area contributed by atoms with E-state index < -0.39 is 28.1 Å². The molecule has 1 saturated carbocycles. The summed E-state index contributed by atoms with van der Waals surface area (Å²) in [6.45, 7) is 6.61. The number of carbonyl (C=O) groups is 3. The fourth-order valence-corrected chi connectivity index (χ4v) is 8.14. The van der Waals surface area contributed by atoms with Gasteiger partial charge in [0.2, 0.25) is 21.8 Å². The van der Waals surface area contributed by atoms with Crippen LogP contribution in [0.15, 0.2) is 70.4 Å². The molecule has 0 unspecified atom stereocenters. The molecule has 5 rings (SSSR count). The first-order chi connectivity index (χ1) is 23.9. The highest BCUT2D eigenvalue weighted by Crippen LogP contribution is 2.30. The molecule has 1 heterocycles. The van der Waals surface area contributed by atoms with Crippen LogP contribution in [-0.4, -0.2) is 71.6 Å². The Hall–Kier alpha value is -4.95. The standard InChI is InChI=1S/C36H44N6O7S/c1-4-42(5-2)50(48,49)28-15-17-29(22(3)18-28)25-10-6-23(7-11-25)19-32(35(45)38-27-14-16-30-31(20-27)40-41-34(30)44)39-33(43)26-12-8-24(9-13-26)21-37-36(46)47/h6-7,10-11,14-18,20,24,26,32,37H,4-5,8-9,12-13,19,21H2,1-3H3,(H,38,45)(H,39,43)(H,46,47)(H2,40,41,44)/t24-,26-,32-/m0/s1. The highest BCUT2D eigenvalue weighted by atomic mass is 32.2. The van der Waals surface area contributed by atoms with Crippen molar-refractivity contribution in [1.82, 2.24) is 25.1 Å². The summed E-state index contributed by atoms with van der Waals surface area (Å²) in [7, 11) is -3.59. The largest absolute Gasteiger partial charge is 0.465 e. The second kappa shape index (κ2) is 15.7. The molecule has 1 aromatic heterocycles. The number of aromatic nitrogens is 2. The second-order valence-corrected chi connectivity index (χ2v) is 14.7. The average molecular weight is 705 g/mol. The maximum atomic E-state index is 13.7. The van der Waals surface area contributed by atoms with Gasteiger partial charge in [-0.15, -0.1) is 0 Å². The average Bonchev–Trinajstić information content (AvgIpc) is 3.47. The highest BCUT2D eigenvalue weighted by molar-refractivity contribution is 7.89. The Bertz CT molecular complexity index is 2010. The van der Waals surface area contributed by atoms with Crippen LogP contribution in [-0.2, 0) is 26.0 Å². The summed E-state index contributed by atoms with van der Waals surface area (Å²) in [6.07, 6.45) is 1.72. The Kier molecular flexibility index (Phi) is 11.4. The number of benzene rings is 3. The first-order valence-corrected chi connectivity index (χ1v) is 18.3. The number of fused-ring (bicyclic) bond motifs is 1. The zero-order chi connectivity index (χ0) is 36.0. The Morgan fingerprint density at radius 1 is 0.940 bits per heavy atom. The van der Waals surface area contributed by atoms with Crippen LogP contribution in [0.25, 0.3) is 22.0 Å². The van der Waals surface area contributed by atoms with Gasteiger partial charge >= 0.3 is 6.09 Å². The monoisotopic (exact) mass is 704 g/mol. The minimum atomic E-state index is -3.59. The van der Waals surface area contributed by atoms with Gasteiger partial charge in [-0.25, -0.2) is 13.2 Å². The highest BCUT2D eigenvalue weighted by Gasteiger charge is 2.30. The van der Waals surface area contributed by atoms with E-state index in [1.165, 1.54) is 4.31 Å². The van der Waals surface area contributed by atoms with Crippen molar-refractivity contribution in [3.05, 3.63) is 82.1 Å². The van der Waals surface area contributed by atoms with Gasteiger partial charge in [0.05, 0.1) is 15.8 Å². The number of anilines is 1. The van der Waals surface area contributed by atoms with Gasteiger partial charge in [-0.2, -0.15) is 4.31 Å². The number of hydrogen-bond donors (Lipinski definition) is 6. The van der Waals surface area contributed by atoms with Crippen LogP contribution in [0.1, 0.15) is 50.7 Å². The molecule has 50 heavy (non-hydrogen) atoms. The van der Waals surface area contributed by atoms with Gasteiger partial charge in [-0.05, 0) is 91.1 Å². The Labute approximate surface area is 290 Å². The van der Waals surface area contributed by atoms with Crippen LogP contribution in [0.2, 0.25) is 0 Å². The molecule has 0 aliphatic heterocycles. The molecule has 266 valence electrons. The van der Waals surface area contributed by atoms with Crippen molar-refractivity contribution in [3.8, 4) is 11.1 Å². The number of amides is 3. The Balaban J connectivity index is 1.32. The smallest absolute Gasteiger partial charge is 0.404 e. The number of nitrogens with zero attached hydrogens (tertiary/aromatic N) is 1. The summed E-state index contributed by atoms with van der Waals surface area (Å²) < 4.78 is 27.5. The number of sulfonamides is 1. The topological polar surface area (TPSA) is 194 Å². The minimum absolute atomic E-state index is 0.161. The zero-order valence-corrected chi connectivity index (χ0v) is 29.2. The van der Waals surface area contributed by atoms with Gasteiger partial charge in [-0.3, -0.25) is 24.6 Å². The van der Waals surface area contributed by atoms with E-state index in [-0.39, 0.29) is 34.6 Å². The number of carboxylic acid groups (broad SMARTS) is 1. The van der Waals surface area contributed by atoms with Gasteiger partial charge in [-0.1, -0.05) is 44.2 Å². The van der Waals surface area contributed by atoms with Crippen molar-refractivity contribution < 1.29 is 27.9 Å². The number of H-pyrrole nitrogens is 2. The number of aryl methyl sites for hydroxylation is 1. The van der Waals surface area contributed by atoms with E-state index in [4.69, 9.17) is 5.11 Å². The lowest BCUT2D eigenvalue weighted by atomic mass is 9.81. The van der Waals surface area contributed by atoms with Gasteiger partial charge in [0.25, 0.3) is 5.56 Å². The SMILES string of the molecule is CCN(CC)S(=O)(=O)c1ccc(-c2ccc(C[C@H](NC(=O)[C@H]3CC[C@H](CNC(=O)O)CC3)C(=O)Nc3ccc4c(=O)[nH][nH]c4c3)cc2)c(C)c1. The third kappa shape index (κ3) is 8.43. The molecule has 6 N–H and O–H groups in total. The lowest BCUT2D eigenvalue weighted by Gasteiger charge is -2.29. The molecule has 3 amide bonds. The van der Waals surface area contributed by atoms with E-state index in [0.29, 0.717) is 61.9 Å². The Morgan fingerprint density at radius 3 is 2.28 bits per heavy atom. The first kappa shape index (κ1) is 36.3. The van der Waals surface area contributed by atoms with E-state index in [1.54, 1.807) is 36.4 Å². The predicted molar refractivity (Wildman–Crippen MR) is 191 cm³/mol. The fraction of sp³-hybridized carbons (Fsp3) is 0.389. The van der Waals surface area contributed by atoms with E-state index in [1.807, 2.05) is 45.0 Å². The number of nitrogens with one attached hydrogen (secondary N) is 5. The van der Waals surface area contributed by atoms with Crippen LogP contribution in [0.5, 0.6) is 0 Å². The van der Waals surface area contributed by atoms with Gasteiger partial charge < -0.3 is 21.1 Å². The van der Waals surface area contributed by atoms with Crippen LogP contribution in [0.4, 0.5) is 10.5 Å². The molecular weight excluding hydrogens is 660 g/mol. The van der Waals surface area contributed by atoms with Crippen molar-refractivity contribution >= 4 is 44.5 Å². The zero-order valence-electron chi connectivity index (χ0n) is 28.4. The normalized spacial score (nSPS) is 17.0. The quantitative estimate of drug-likeness (QED) is 0.117. The van der Waals surface area contributed by atoms with Gasteiger partial charge in [0.1, 0.15) is 6.04 Å². The third-order valence-electron chi connectivity index (χ3n) is 9.48. The molecule has 1 aliphatic carbocycles. The predicted octanol–water partition coefficient (Wildman–Crippen LogP) is 4.60. The van der Waals surface area contributed by atoms with Crippen molar-refractivity contribution in [2.75, 3.05) is 25.0 Å². The lowest BCUT2D eigenvalue weighted by molar-refractivity contribution is -0.130. The summed E-state index contributed by atoms with van der Waals surface area (Å²) >= 11 is 0. The summed E-state index contributed by atoms with van der Waals surface area (Å²) in [5.74, 6) is -0.784. The summed E-state index contributed by atoms with van der Waals surface area (Å²) in [5, 5.41) is 22.9. The molecule has 3 aromatic carbocycles. The molecule has 14 heteroatoms. The second-order valence-electron chi connectivity index (χ2n) is 12.8. The van der Waals surface area contributed by atoms with E-state index >= 15 is 0 Å². The molecule has 1 aliphatic rings. The van der Waals surface area contributed by atoms with E-state index in [9.17, 15) is 27.6 Å². The third-order valence-corrected chi connectivity index (χ3v) is 11.5. The van der Waals surface area contributed by atoms with Crippen LogP contribution < -0.4 is 21.5 Å². The van der Waals surface area contributed by atoms with Crippen molar-refractivity contribution in [2.45, 2.75) is 63.8 Å². The molecule has 1 fully saturated rings. The molecule has 1 atom stereocenters. The van der Waals surface area contributed by atoms with Crippen LogP contribution in [0.3, 0.4) is 0 Å². The fourth-order valence-electron chi connectivity index (χ4n) is 6.59. The molecule has 0 spiro atoms. The van der Waals surface area contributed by atoms with E-state index in [2.05, 4.69) is 26.1 Å². The molecule has 0 saturated heterocycles. The first-order valence-electron chi connectivity index (χ1n) is 16.9. The van der Waals surface area contributed by atoms with Gasteiger partial charge in [0, 0.05) is 37.7 Å². The molecule has 13 nitrogen and oxygen atoms in total. The summed E-state index contributed by atoms with van der Waals surface area (Å²) in [4.78, 5) is 50.2. The maximum absolute atomic E-state index is 13.7. The van der Waals surface area contributed by atoms with E-state index in [0.717, 1.165) is 22.3 Å². The summed E-state index contributed by atoms with van der Waals surface area (Å²) in [6, 6.07) is 16.7. The number of hydrogen-bond acceptors (Lipinski definition) is 6. The van der Waals surface area contributed by atoms with Crippen molar-refractivity contribution in [3.63, 3.8) is 0 Å². The Morgan fingerprint density at radius 2 is 1.64 bits per heavy atom. The molecule has 0 radical (unpaired) electrons. The molecule has 4 aromatic rings. The summed E-state index contributed by atoms with van der Waals surface area (Å²) in [5.41, 5.74) is 4.10. The van der Waals surface area contributed by atoms with Crippen LogP contribution in [0, 0.1) is 18.8 Å². The number of rotatable bonds is 13. The van der Waals surface area contributed by atoms with Gasteiger partial charge in [0.15, 0.2) is 0 Å². The maximum Gasteiger partial charge on any atom is 0.404 e. The number of carbonyl (C=O) groups excluding carboxylic acids is 2.